The van der Waals surface area contributed by atoms with E-state index in [1.54, 1.807) is 39.8 Å². The van der Waals surface area contributed by atoms with Crippen LogP contribution < -0.4 is 9.80 Å². The van der Waals surface area contributed by atoms with Gasteiger partial charge in [-0.2, -0.15) is 0 Å². The molecule has 8 nitrogen and oxygen atoms in total. The molecule has 3 aromatic rings. The summed E-state index contributed by atoms with van der Waals surface area (Å²) in [5.74, 6) is -1.04. The molecule has 0 radical (unpaired) electrons. The molecule has 3 heterocycles. The minimum Gasteiger partial charge on any atom is -0.394 e. The van der Waals surface area contributed by atoms with Crippen LogP contribution >= 0.6 is 0 Å². The molecule has 6 rings (SSSR count). The highest BCUT2D eigenvalue weighted by Crippen LogP contribution is 2.45. The standard InChI is InChI=1S/C35H37N3O5/c1-24(9-6-16-33(41)37-22-27-12-3-2-11-26(27)20-29(37)23-39)35(43)30-14-4-5-15-31(30)38(34(35)42)21-25-10-7-13-28(19-25)36-18-8-17-32(36)40/h2-7,9-15,19,24,29,39,43H,8,16-18,20-23H2,1H3/b9-6+/t24-,29+,35+/m1/s1. The molecule has 43 heavy (non-hydrogen) atoms. The number of carbonyl (C=O) groups is 3. The largest absolute Gasteiger partial charge is 0.394 e. The fourth-order valence-electron chi connectivity index (χ4n) is 6.66. The van der Waals surface area contributed by atoms with Crippen molar-refractivity contribution in [2.45, 2.75) is 57.3 Å². The number of fused-ring (bicyclic) bond motifs is 2. The summed E-state index contributed by atoms with van der Waals surface area (Å²) in [7, 11) is 0. The first-order valence-electron chi connectivity index (χ1n) is 15.0. The topological polar surface area (TPSA) is 101 Å². The third kappa shape index (κ3) is 5.26. The minimum absolute atomic E-state index is 0.0979. The van der Waals surface area contributed by atoms with Crippen molar-refractivity contribution in [3.63, 3.8) is 0 Å². The van der Waals surface area contributed by atoms with Gasteiger partial charge in [-0.1, -0.05) is 73.7 Å². The van der Waals surface area contributed by atoms with Gasteiger partial charge in [-0.15, -0.1) is 0 Å². The lowest BCUT2D eigenvalue weighted by atomic mass is 9.83. The van der Waals surface area contributed by atoms with Crippen molar-refractivity contribution in [2.24, 2.45) is 5.92 Å². The molecule has 3 aromatic carbocycles. The summed E-state index contributed by atoms with van der Waals surface area (Å²) in [5, 5.41) is 21.9. The monoisotopic (exact) mass is 579 g/mol. The third-order valence-electron chi connectivity index (χ3n) is 9.08. The van der Waals surface area contributed by atoms with Crippen molar-refractivity contribution in [3.8, 4) is 0 Å². The summed E-state index contributed by atoms with van der Waals surface area (Å²) in [5.41, 5.74) is 3.29. The lowest BCUT2D eigenvalue weighted by Gasteiger charge is -2.36. The van der Waals surface area contributed by atoms with Gasteiger partial charge in [0.05, 0.1) is 24.9 Å². The SMILES string of the molecule is C[C@H](/C=C/CC(=O)N1Cc2ccccc2C[C@H]1CO)[C@@]1(O)C(=O)N(Cc2cccc(N3CCCC3=O)c2)c2ccccc21. The van der Waals surface area contributed by atoms with Gasteiger partial charge in [-0.05, 0) is 47.7 Å². The van der Waals surface area contributed by atoms with Gasteiger partial charge in [0.1, 0.15) is 0 Å². The Labute approximate surface area is 251 Å². The summed E-state index contributed by atoms with van der Waals surface area (Å²) in [6, 6.07) is 22.6. The van der Waals surface area contributed by atoms with E-state index in [2.05, 4.69) is 0 Å². The number of carbonyl (C=O) groups excluding carboxylic acids is 3. The third-order valence-corrected chi connectivity index (χ3v) is 9.08. The van der Waals surface area contributed by atoms with Crippen LogP contribution in [0.5, 0.6) is 0 Å². The van der Waals surface area contributed by atoms with Crippen molar-refractivity contribution in [1.82, 2.24) is 4.90 Å². The number of hydrogen-bond acceptors (Lipinski definition) is 5. The number of para-hydroxylation sites is 1. The highest BCUT2D eigenvalue weighted by molar-refractivity contribution is 6.07. The second kappa shape index (κ2) is 11.8. The molecule has 1 saturated heterocycles. The van der Waals surface area contributed by atoms with Crippen molar-refractivity contribution in [2.75, 3.05) is 23.0 Å². The van der Waals surface area contributed by atoms with E-state index in [1.165, 1.54) is 0 Å². The maximum Gasteiger partial charge on any atom is 0.264 e. The molecule has 3 aliphatic rings. The van der Waals surface area contributed by atoms with Crippen LogP contribution in [0.25, 0.3) is 0 Å². The van der Waals surface area contributed by atoms with E-state index in [1.807, 2.05) is 66.7 Å². The fourth-order valence-corrected chi connectivity index (χ4v) is 6.66. The Morgan fingerprint density at radius 2 is 1.81 bits per heavy atom. The predicted octanol–water partition coefficient (Wildman–Crippen LogP) is 4.08. The smallest absolute Gasteiger partial charge is 0.264 e. The van der Waals surface area contributed by atoms with Gasteiger partial charge < -0.3 is 24.9 Å². The second-order valence-electron chi connectivity index (χ2n) is 11.7. The molecule has 0 aliphatic carbocycles. The van der Waals surface area contributed by atoms with Gasteiger partial charge in [0.15, 0.2) is 5.60 Å². The Bertz CT molecular complexity index is 1580. The molecular weight excluding hydrogens is 542 g/mol. The first-order valence-corrected chi connectivity index (χ1v) is 15.0. The predicted molar refractivity (Wildman–Crippen MR) is 164 cm³/mol. The molecule has 0 unspecified atom stereocenters. The summed E-state index contributed by atoms with van der Waals surface area (Å²) in [6.45, 7) is 3.06. The van der Waals surface area contributed by atoms with Crippen LogP contribution in [-0.2, 0) is 39.5 Å². The highest BCUT2D eigenvalue weighted by atomic mass is 16.3. The van der Waals surface area contributed by atoms with Gasteiger partial charge in [0.2, 0.25) is 11.8 Å². The van der Waals surface area contributed by atoms with Gasteiger partial charge in [0, 0.05) is 43.1 Å². The number of benzene rings is 3. The highest BCUT2D eigenvalue weighted by Gasteiger charge is 2.52. The van der Waals surface area contributed by atoms with E-state index >= 15 is 0 Å². The molecule has 3 amide bonds. The molecular formula is C35H37N3O5. The van der Waals surface area contributed by atoms with Gasteiger partial charge >= 0.3 is 0 Å². The van der Waals surface area contributed by atoms with Crippen LogP contribution in [0.2, 0.25) is 0 Å². The molecule has 2 N–H and O–H groups in total. The van der Waals surface area contributed by atoms with Crippen molar-refractivity contribution >= 4 is 29.1 Å². The van der Waals surface area contributed by atoms with Crippen LogP contribution in [0.1, 0.15) is 48.4 Å². The summed E-state index contributed by atoms with van der Waals surface area (Å²) in [6.07, 6.45) is 5.53. The Hall–Kier alpha value is -4.27. The molecule has 222 valence electrons. The van der Waals surface area contributed by atoms with Crippen molar-refractivity contribution < 1.29 is 24.6 Å². The van der Waals surface area contributed by atoms with Crippen molar-refractivity contribution in [3.05, 3.63) is 107 Å². The maximum atomic E-state index is 13.9. The molecule has 3 aliphatic heterocycles. The van der Waals surface area contributed by atoms with E-state index in [9.17, 15) is 24.6 Å². The number of hydrogen-bond donors (Lipinski definition) is 2. The minimum atomic E-state index is -1.80. The summed E-state index contributed by atoms with van der Waals surface area (Å²) in [4.78, 5) is 44.6. The van der Waals surface area contributed by atoms with E-state index < -0.39 is 17.4 Å². The first kappa shape index (κ1) is 28.8. The van der Waals surface area contributed by atoms with Crippen LogP contribution in [0, 0.1) is 5.92 Å². The average Bonchev–Trinajstić information content (AvgIpc) is 3.56. The number of rotatable bonds is 8. The van der Waals surface area contributed by atoms with Gasteiger partial charge in [-0.3, -0.25) is 14.4 Å². The number of amides is 3. The van der Waals surface area contributed by atoms with Crippen LogP contribution in [0.15, 0.2) is 84.9 Å². The number of aliphatic hydroxyl groups excluding tert-OH is 1. The zero-order valence-electron chi connectivity index (χ0n) is 24.4. The molecule has 0 spiro atoms. The van der Waals surface area contributed by atoms with E-state index in [-0.39, 0.29) is 37.4 Å². The zero-order valence-corrected chi connectivity index (χ0v) is 24.4. The molecule has 8 heteroatoms. The lowest BCUT2D eigenvalue weighted by molar-refractivity contribution is -0.139. The van der Waals surface area contributed by atoms with Crippen LogP contribution in [0.4, 0.5) is 11.4 Å². The van der Waals surface area contributed by atoms with Crippen LogP contribution in [-0.4, -0.2) is 52.0 Å². The van der Waals surface area contributed by atoms with Gasteiger partial charge in [-0.25, -0.2) is 0 Å². The number of nitrogens with zero attached hydrogens (tertiary/aromatic N) is 3. The fraction of sp³-hybridized carbons (Fsp3) is 0.343. The van der Waals surface area contributed by atoms with E-state index in [0.29, 0.717) is 37.2 Å². The normalized spacial score (nSPS) is 22.3. The van der Waals surface area contributed by atoms with Crippen LogP contribution in [0.3, 0.4) is 0 Å². The number of aliphatic hydroxyl groups is 2. The lowest BCUT2D eigenvalue weighted by Crippen LogP contribution is -2.46. The zero-order chi connectivity index (χ0) is 30.1. The Kier molecular flexibility index (Phi) is 7.90. The second-order valence-corrected chi connectivity index (χ2v) is 11.7. The summed E-state index contributed by atoms with van der Waals surface area (Å²) >= 11 is 0. The Morgan fingerprint density at radius 1 is 1.05 bits per heavy atom. The molecule has 0 bridgehead atoms. The maximum absolute atomic E-state index is 13.9. The Balaban J connectivity index is 1.18. The first-order chi connectivity index (χ1) is 20.8. The quantitative estimate of drug-likeness (QED) is 0.392. The number of anilines is 2. The molecule has 0 saturated carbocycles. The molecule has 3 atom stereocenters. The van der Waals surface area contributed by atoms with E-state index in [4.69, 9.17) is 0 Å². The Morgan fingerprint density at radius 3 is 2.58 bits per heavy atom. The summed E-state index contributed by atoms with van der Waals surface area (Å²) < 4.78 is 0. The van der Waals surface area contributed by atoms with Crippen molar-refractivity contribution in [1.29, 1.82) is 0 Å². The molecule has 0 aromatic heterocycles. The van der Waals surface area contributed by atoms with E-state index in [0.717, 1.165) is 28.8 Å². The average molecular weight is 580 g/mol. The van der Waals surface area contributed by atoms with Gasteiger partial charge in [0.25, 0.3) is 5.91 Å². The molecule has 1 fully saturated rings.